The molecular formula is C16H16O. The van der Waals surface area contributed by atoms with Gasteiger partial charge in [-0.3, -0.25) is 0 Å². The van der Waals surface area contributed by atoms with Crippen LogP contribution in [-0.4, -0.2) is 6.10 Å². The molecule has 0 bridgehead atoms. The highest BCUT2D eigenvalue weighted by atomic mass is 16.5. The van der Waals surface area contributed by atoms with Crippen LogP contribution < -0.4 is 4.74 Å². The summed E-state index contributed by atoms with van der Waals surface area (Å²) >= 11 is 0. The van der Waals surface area contributed by atoms with Gasteiger partial charge in [-0.1, -0.05) is 48.5 Å². The molecule has 2 aromatic carbocycles. The highest BCUT2D eigenvalue weighted by molar-refractivity contribution is 5.38. The van der Waals surface area contributed by atoms with Crippen LogP contribution in [0.1, 0.15) is 24.0 Å². The van der Waals surface area contributed by atoms with Crippen LogP contribution in [-0.2, 0) is 6.42 Å². The molecule has 0 amide bonds. The third-order valence-electron chi connectivity index (χ3n) is 3.52. The summed E-state index contributed by atoms with van der Waals surface area (Å²) < 4.78 is 6.00. The Morgan fingerprint density at radius 2 is 1.65 bits per heavy atom. The van der Waals surface area contributed by atoms with Crippen LogP contribution in [0, 0.1) is 0 Å². The average molecular weight is 224 g/mol. The fraction of sp³-hybridized carbons (Fsp3) is 0.250. The molecule has 0 aliphatic carbocycles. The number of fused-ring (bicyclic) bond motifs is 1. The third kappa shape index (κ3) is 1.93. The first-order valence-corrected chi connectivity index (χ1v) is 6.14. The minimum Gasteiger partial charge on any atom is -0.490 e. The third-order valence-corrected chi connectivity index (χ3v) is 3.52. The molecule has 0 saturated heterocycles. The van der Waals surface area contributed by atoms with Gasteiger partial charge in [0, 0.05) is 5.92 Å². The maximum absolute atomic E-state index is 6.00. The summed E-state index contributed by atoms with van der Waals surface area (Å²) in [6.45, 7) is 2.16. The quantitative estimate of drug-likeness (QED) is 0.716. The molecule has 0 aromatic heterocycles. The van der Waals surface area contributed by atoms with E-state index in [9.17, 15) is 0 Å². The second kappa shape index (κ2) is 4.25. The summed E-state index contributed by atoms with van der Waals surface area (Å²) in [5.74, 6) is 1.51. The molecular weight excluding hydrogens is 208 g/mol. The lowest BCUT2D eigenvalue weighted by atomic mass is 9.86. The van der Waals surface area contributed by atoms with Gasteiger partial charge in [-0.25, -0.2) is 0 Å². The van der Waals surface area contributed by atoms with E-state index in [1.54, 1.807) is 0 Å². The Hall–Kier alpha value is -1.76. The topological polar surface area (TPSA) is 9.23 Å². The zero-order valence-electron chi connectivity index (χ0n) is 9.97. The van der Waals surface area contributed by atoms with Crippen LogP contribution in [0.3, 0.4) is 0 Å². The van der Waals surface area contributed by atoms with E-state index in [4.69, 9.17) is 4.74 Å². The Balaban J connectivity index is 1.95. The van der Waals surface area contributed by atoms with Gasteiger partial charge in [0.25, 0.3) is 0 Å². The number of ether oxygens (including phenoxy) is 1. The van der Waals surface area contributed by atoms with Gasteiger partial charge in [0.2, 0.25) is 0 Å². The summed E-state index contributed by atoms with van der Waals surface area (Å²) in [5.41, 5.74) is 2.69. The summed E-state index contributed by atoms with van der Waals surface area (Å²) in [7, 11) is 0. The molecule has 1 heterocycles. The number of hydrogen-bond acceptors (Lipinski definition) is 1. The molecule has 0 radical (unpaired) electrons. The van der Waals surface area contributed by atoms with Gasteiger partial charge in [0.15, 0.2) is 0 Å². The lowest BCUT2D eigenvalue weighted by Gasteiger charge is -2.31. The van der Waals surface area contributed by atoms with Crippen molar-refractivity contribution in [3.05, 3.63) is 65.7 Å². The fourth-order valence-corrected chi connectivity index (χ4v) is 2.56. The minimum absolute atomic E-state index is 0.243. The number of hydrogen-bond donors (Lipinski definition) is 0. The van der Waals surface area contributed by atoms with Crippen molar-refractivity contribution < 1.29 is 4.74 Å². The van der Waals surface area contributed by atoms with Gasteiger partial charge in [-0.05, 0) is 30.5 Å². The standard InChI is InChI=1S/C16H16O/c1-12-15(13-7-3-2-4-8-13)11-14-9-5-6-10-16(14)17-12/h2-10,12,15H,11H2,1H3. The van der Waals surface area contributed by atoms with Gasteiger partial charge in [-0.15, -0.1) is 0 Å². The van der Waals surface area contributed by atoms with Crippen LogP contribution in [0.25, 0.3) is 0 Å². The van der Waals surface area contributed by atoms with Crippen molar-refractivity contribution in [3.8, 4) is 5.75 Å². The first-order valence-electron chi connectivity index (χ1n) is 6.14. The van der Waals surface area contributed by atoms with Crippen molar-refractivity contribution in [2.45, 2.75) is 25.4 Å². The highest BCUT2D eigenvalue weighted by Gasteiger charge is 2.27. The Kier molecular flexibility index (Phi) is 2.60. The smallest absolute Gasteiger partial charge is 0.122 e. The summed E-state index contributed by atoms with van der Waals surface area (Å²) in [6, 6.07) is 19.0. The summed E-state index contributed by atoms with van der Waals surface area (Å²) in [5, 5.41) is 0. The molecule has 86 valence electrons. The van der Waals surface area contributed by atoms with E-state index in [1.807, 2.05) is 6.07 Å². The average Bonchev–Trinajstić information content (AvgIpc) is 2.39. The second-order valence-corrected chi connectivity index (χ2v) is 4.65. The first kappa shape index (κ1) is 10.4. The van der Waals surface area contributed by atoms with E-state index >= 15 is 0 Å². The molecule has 17 heavy (non-hydrogen) atoms. The number of benzene rings is 2. The molecule has 1 aliphatic rings. The summed E-state index contributed by atoms with van der Waals surface area (Å²) in [6.07, 6.45) is 1.31. The van der Waals surface area contributed by atoms with Crippen LogP contribution in [0.15, 0.2) is 54.6 Å². The molecule has 0 N–H and O–H groups in total. The lowest BCUT2D eigenvalue weighted by Crippen LogP contribution is -2.28. The van der Waals surface area contributed by atoms with E-state index in [1.165, 1.54) is 11.1 Å². The first-order chi connectivity index (χ1) is 8.34. The van der Waals surface area contributed by atoms with Crippen LogP contribution in [0.2, 0.25) is 0 Å². The van der Waals surface area contributed by atoms with Gasteiger partial charge >= 0.3 is 0 Å². The largest absolute Gasteiger partial charge is 0.490 e. The van der Waals surface area contributed by atoms with Crippen molar-refractivity contribution in [2.75, 3.05) is 0 Å². The van der Waals surface area contributed by atoms with Gasteiger partial charge < -0.3 is 4.74 Å². The normalized spacial score (nSPS) is 22.6. The predicted molar refractivity (Wildman–Crippen MR) is 69.4 cm³/mol. The van der Waals surface area contributed by atoms with E-state index in [0.29, 0.717) is 5.92 Å². The molecule has 0 fully saturated rings. The zero-order chi connectivity index (χ0) is 11.7. The molecule has 3 rings (SSSR count). The molecule has 1 heteroatoms. The molecule has 1 nitrogen and oxygen atoms in total. The molecule has 2 unspecified atom stereocenters. The Morgan fingerprint density at radius 1 is 0.941 bits per heavy atom. The van der Waals surface area contributed by atoms with Crippen molar-refractivity contribution in [1.29, 1.82) is 0 Å². The van der Waals surface area contributed by atoms with Gasteiger partial charge in [0.1, 0.15) is 11.9 Å². The fourth-order valence-electron chi connectivity index (χ4n) is 2.56. The summed E-state index contributed by atoms with van der Waals surface area (Å²) in [4.78, 5) is 0. The number of para-hydroxylation sites is 1. The SMILES string of the molecule is CC1Oc2ccccc2CC1c1ccccc1. The van der Waals surface area contributed by atoms with Crippen LogP contribution >= 0.6 is 0 Å². The second-order valence-electron chi connectivity index (χ2n) is 4.65. The maximum Gasteiger partial charge on any atom is 0.122 e. The lowest BCUT2D eigenvalue weighted by molar-refractivity contribution is 0.167. The van der Waals surface area contributed by atoms with Crippen LogP contribution in [0.4, 0.5) is 0 Å². The Labute approximate surface area is 102 Å². The van der Waals surface area contributed by atoms with Crippen molar-refractivity contribution in [3.63, 3.8) is 0 Å². The van der Waals surface area contributed by atoms with Crippen molar-refractivity contribution in [2.24, 2.45) is 0 Å². The van der Waals surface area contributed by atoms with Gasteiger partial charge in [-0.2, -0.15) is 0 Å². The monoisotopic (exact) mass is 224 g/mol. The minimum atomic E-state index is 0.243. The van der Waals surface area contributed by atoms with Crippen molar-refractivity contribution >= 4 is 0 Å². The van der Waals surface area contributed by atoms with Gasteiger partial charge in [0.05, 0.1) is 0 Å². The molecule has 0 spiro atoms. The predicted octanol–water partition coefficient (Wildman–Crippen LogP) is 3.79. The van der Waals surface area contributed by atoms with E-state index in [0.717, 1.165) is 12.2 Å². The Morgan fingerprint density at radius 3 is 2.47 bits per heavy atom. The van der Waals surface area contributed by atoms with E-state index in [2.05, 4.69) is 55.5 Å². The van der Waals surface area contributed by atoms with Crippen molar-refractivity contribution in [1.82, 2.24) is 0 Å². The molecule has 2 atom stereocenters. The van der Waals surface area contributed by atoms with E-state index in [-0.39, 0.29) is 6.10 Å². The van der Waals surface area contributed by atoms with Crippen LogP contribution in [0.5, 0.6) is 5.75 Å². The van der Waals surface area contributed by atoms with E-state index < -0.39 is 0 Å². The molecule has 1 aliphatic heterocycles. The molecule has 2 aromatic rings. The Bertz CT molecular complexity index is 504. The highest BCUT2D eigenvalue weighted by Crippen LogP contribution is 2.35. The zero-order valence-corrected chi connectivity index (χ0v) is 9.97. The molecule has 0 saturated carbocycles. The maximum atomic E-state index is 6.00. The number of rotatable bonds is 1.